The van der Waals surface area contributed by atoms with E-state index in [0.717, 1.165) is 18.5 Å². The Hall–Kier alpha value is -1.05. The van der Waals surface area contributed by atoms with E-state index in [1.54, 1.807) is 0 Å². The Morgan fingerprint density at radius 3 is 2.75 bits per heavy atom. The first kappa shape index (κ1) is 7.59. The number of carbonyl (C=O) groups excluding carboxylic acids is 1. The number of amides is 1. The molecule has 1 N–H and O–H groups in total. The molecule has 0 aromatic rings. The lowest BCUT2D eigenvalue weighted by Crippen LogP contribution is -2.26. The summed E-state index contributed by atoms with van der Waals surface area (Å²) in [5.41, 5.74) is 0.870. The quantitative estimate of drug-likeness (QED) is 0.540. The summed E-state index contributed by atoms with van der Waals surface area (Å²) in [5, 5.41) is 2.81. The molecule has 2 unspecified atom stereocenters. The van der Waals surface area contributed by atoms with Crippen LogP contribution in [-0.4, -0.2) is 5.91 Å². The topological polar surface area (TPSA) is 29.1 Å². The Morgan fingerprint density at radius 2 is 2.00 bits per heavy atom. The van der Waals surface area contributed by atoms with E-state index >= 15 is 0 Å². The molecule has 2 bridgehead atoms. The molecule has 1 saturated heterocycles. The van der Waals surface area contributed by atoms with Crippen molar-refractivity contribution in [1.29, 1.82) is 0 Å². The van der Waals surface area contributed by atoms with Crippen LogP contribution in [0, 0.1) is 11.8 Å². The van der Waals surface area contributed by atoms with Crippen molar-refractivity contribution in [2.45, 2.75) is 19.3 Å². The molecule has 1 aliphatic heterocycles. The van der Waals surface area contributed by atoms with Crippen LogP contribution in [0.1, 0.15) is 19.3 Å². The molecule has 1 aliphatic carbocycles. The van der Waals surface area contributed by atoms with Crippen LogP contribution in [0.2, 0.25) is 0 Å². The van der Waals surface area contributed by atoms with Crippen LogP contribution in [-0.2, 0) is 4.79 Å². The van der Waals surface area contributed by atoms with Crippen LogP contribution in [0.4, 0.5) is 0 Å². The molecule has 0 saturated carbocycles. The van der Waals surface area contributed by atoms with Gasteiger partial charge in [-0.15, -0.1) is 0 Å². The summed E-state index contributed by atoms with van der Waals surface area (Å²) < 4.78 is 0. The van der Waals surface area contributed by atoms with Crippen LogP contribution >= 0.6 is 0 Å². The number of hydrogen-bond acceptors (Lipinski definition) is 1. The molecule has 0 aromatic heterocycles. The van der Waals surface area contributed by atoms with E-state index in [-0.39, 0.29) is 5.91 Å². The highest BCUT2D eigenvalue weighted by Gasteiger charge is 2.24. The van der Waals surface area contributed by atoms with Gasteiger partial charge in [0.2, 0.25) is 5.91 Å². The fraction of sp³-hybridized carbons (Fsp3) is 0.500. The summed E-state index contributed by atoms with van der Waals surface area (Å²) in [6, 6.07) is 0. The summed E-state index contributed by atoms with van der Waals surface area (Å²) >= 11 is 0. The van der Waals surface area contributed by atoms with E-state index in [4.69, 9.17) is 0 Å². The number of hydrogen-bond donors (Lipinski definition) is 1. The zero-order valence-electron chi connectivity index (χ0n) is 7.05. The molecular formula is C10H13NO. The zero-order valence-corrected chi connectivity index (χ0v) is 7.05. The molecule has 2 rings (SSSR count). The van der Waals surface area contributed by atoms with Gasteiger partial charge in [-0.2, -0.15) is 0 Å². The Morgan fingerprint density at radius 1 is 1.33 bits per heavy atom. The van der Waals surface area contributed by atoms with Crippen LogP contribution in [0.15, 0.2) is 24.4 Å². The fourth-order valence-electron chi connectivity index (χ4n) is 2.02. The summed E-state index contributed by atoms with van der Waals surface area (Å²) in [4.78, 5) is 11.2. The van der Waals surface area contributed by atoms with E-state index in [1.807, 2.05) is 0 Å². The zero-order chi connectivity index (χ0) is 8.55. The third-order valence-electron chi connectivity index (χ3n) is 2.53. The molecule has 1 fully saturated rings. The van der Waals surface area contributed by atoms with Gasteiger partial charge in [-0.1, -0.05) is 18.7 Å². The molecule has 0 radical (unpaired) electrons. The first-order valence-electron chi connectivity index (χ1n) is 4.40. The summed E-state index contributed by atoms with van der Waals surface area (Å²) in [5.74, 6) is 1.21. The van der Waals surface area contributed by atoms with Crippen molar-refractivity contribution in [1.82, 2.24) is 5.32 Å². The standard InChI is InChI=1S/C10H13NO/c1-7-4-8-2-3-9(5-8)6-10(12)11-7/h2-3,8-9H,1,4-6H2,(H,11,12). The average molecular weight is 163 g/mol. The van der Waals surface area contributed by atoms with Gasteiger partial charge in [0, 0.05) is 12.1 Å². The molecule has 1 heterocycles. The second kappa shape index (κ2) is 2.77. The molecule has 2 atom stereocenters. The van der Waals surface area contributed by atoms with Gasteiger partial charge in [0.15, 0.2) is 0 Å². The molecule has 12 heavy (non-hydrogen) atoms. The maximum atomic E-state index is 11.2. The normalized spacial score (nSPS) is 34.3. The van der Waals surface area contributed by atoms with Crippen molar-refractivity contribution in [2.75, 3.05) is 0 Å². The minimum absolute atomic E-state index is 0.120. The van der Waals surface area contributed by atoms with Gasteiger partial charge in [-0.25, -0.2) is 0 Å². The van der Waals surface area contributed by atoms with Gasteiger partial charge in [0.25, 0.3) is 0 Å². The number of carbonyl (C=O) groups is 1. The molecule has 0 spiro atoms. The highest BCUT2D eigenvalue weighted by atomic mass is 16.1. The fourth-order valence-corrected chi connectivity index (χ4v) is 2.02. The number of allylic oxidation sites excluding steroid dienone is 3. The van der Waals surface area contributed by atoms with Crippen molar-refractivity contribution in [3.63, 3.8) is 0 Å². The van der Waals surface area contributed by atoms with Crippen LogP contribution in [0.3, 0.4) is 0 Å². The molecular weight excluding hydrogens is 150 g/mol. The number of nitrogens with one attached hydrogen (secondary N) is 1. The van der Waals surface area contributed by atoms with Crippen LogP contribution < -0.4 is 5.32 Å². The third-order valence-corrected chi connectivity index (χ3v) is 2.53. The van der Waals surface area contributed by atoms with Crippen molar-refractivity contribution in [2.24, 2.45) is 11.8 Å². The van der Waals surface area contributed by atoms with Crippen molar-refractivity contribution < 1.29 is 4.79 Å². The van der Waals surface area contributed by atoms with Crippen LogP contribution in [0.5, 0.6) is 0 Å². The van der Waals surface area contributed by atoms with Gasteiger partial charge in [0.1, 0.15) is 0 Å². The van der Waals surface area contributed by atoms with Crippen molar-refractivity contribution >= 4 is 5.91 Å². The lowest BCUT2D eigenvalue weighted by Gasteiger charge is -2.18. The molecule has 64 valence electrons. The predicted octanol–water partition coefficient (Wildman–Crippen LogP) is 1.60. The molecule has 2 aliphatic rings. The van der Waals surface area contributed by atoms with Gasteiger partial charge >= 0.3 is 0 Å². The van der Waals surface area contributed by atoms with E-state index < -0.39 is 0 Å². The van der Waals surface area contributed by atoms with Crippen LogP contribution in [0.25, 0.3) is 0 Å². The van der Waals surface area contributed by atoms with Gasteiger partial charge in [-0.05, 0) is 24.7 Å². The summed E-state index contributed by atoms with van der Waals surface area (Å²) in [7, 11) is 0. The lowest BCUT2D eigenvalue weighted by atomic mass is 9.95. The predicted molar refractivity (Wildman–Crippen MR) is 47.3 cm³/mol. The maximum Gasteiger partial charge on any atom is 0.224 e. The number of rotatable bonds is 0. The minimum Gasteiger partial charge on any atom is -0.330 e. The Bertz CT molecular complexity index is 231. The van der Waals surface area contributed by atoms with Crippen molar-refractivity contribution in [3.05, 3.63) is 24.4 Å². The molecule has 0 aromatic carbocycles. The average Bonchev–Trinajstić information content (AvgIpc) is 2.33. The van der Waals surface area contributed by atoms with Gasteiger partial charge < -0.3 is 5.32 Å². The Balaban J connectivity index is 2.14. The van der Waals surface area contributed by atoms with E-state index in [2.05, 4.69) is 24.0 Å². The lowest BCUT2D eigenvalue weighted by molar-refractivity contribution is -0.121. The molecule has 1 amide bonds. The first-order chi connectivity index (χ1) is 5.74. The highest BCUT2D eigenvalue weighted by Crippen LogP contribution is 2.31. The molecule has 2 nitrogen and oxygen atoms in total. The van der Waals surface area contributed by atoms with Crippen molar-refractivity contribution in [3.8, 4) is 0 Å². The van der Waals surface area contributed by atoms with E-state index in [1.165, 1.54) is 0 Å². The molecule has 2 heteroatoms. The maximum absolute atomic E-state index is 11.2. The second-order valence-electron chi connectivity index (χ2n) is 3.70. The first-order valence-corrected chi connectivity index (χ1v) is 4.40. The van der Waals surface area contributed by atoms with Gasteiger partial charge in [0.05, 0.1) is 0 Å². The number of fused-ring (bicyclic) bond motifs is 2. The van der Waals surface area contributed by atoms with E-state index in [9.17, 15) is 4.79 Å². The summed E-state index contributed by atoms with van der Waals surface area (Å²) in [6.07, 6.45) is 7.07. The highest BCUT2D eigenvalue weighted by molar-refractivity contribution is 5.78. The Kier molecular flexibility index (Phi) is 1.75. The Labute approximate surface area is 72.3 Å². The smallest absolute Gasteiger partial charge is 0.224 e. The van der Waals surface area contributed by atoms with Gasteiger partial charge in [-0.3, -0.25) is 4.79 Å². The minimum atomic E-state index is 0.120. The monoisotopic (exact) mass is 163 g/mol. The second-order valence-corrected chi connectivity index (χ2v) is 3.70. The summed E-state index contributed by atoms with van der Waals surface area (Å²) in [6.45, 7) is 3.82. The van der Waals surface area contributed by atoms with E-state index in [0.29, 0.717) is 18.3 Å². The third kappa shape index (κ3) is 1.42. The largest absolute Gasteiger partial charge is 0.330 e. The SMILES string of the molecule is C=C1CC2C=CC(CC(=O)N1)C2.